The van der Waals surface area contributed by atoms with Gasteiger partial charge < -0.3 is 21.5 Å². The molecule has 1 fully saturated rings. The molecule has 0 saturated carbocycles. The average molecular weight is 505 g/mol. The van der Waals surface area contributed by atoms with Crippen LogP contribution < -0.4 is 17.0 Å². The van der Waals surface area contributed by atoms with Crippen molar-refractivity contribution in [2.45, 2.75) is 110 Å². The van der Waals surface area contributed by atoms with Gasteiger partial charge in [0.05, 0.1) is 26.7 Å². The molecule has 0 radical (unpaired) electrons. The van der Waals surface area contributed by atoms with Crippen molar-refractivity contribution in [2.75, 3.05) is 67.0 Å². The minimum atomic E-state index is 0. The van der Waals surface area contributed by atoms with E-state index in [0.717, 1.165) is 0 Å². The van der Waals surface area contributed by atoms with E-state index in [1.165, 1.54) is 153 Å². The maximum absolute atomic E-state index is 2.52. The molecular formula is C27H58BrN3. The molecule has 4 heteroatoms. The number of hydrogen-bond acceptors (Lipinski definition) is 2. The van der Waals surface area contributed by atoms with Gasteiger partial charge in [0.1, 0.15) is 0 Å². The normalized spacial score (nSPS) is 18.2. The summed E-state index contributed by atoms with van der Waals surface area (Å²) in [5, 5.41) is 0. The van der Waals surface area contributed by atoms with Gasteiger partial charge in [-0.1, -0.05) is 96.8 Å². The van der Waals surface area contributed by atoms with Crippen LogP contribution in [0.5, 0.6) is 0 Å². The highest BCUT2D eigenvalue weighted by Gasteiger charge is 2.23. The first-order valence-electron chi connectivity index (χ1n) is 13.8. The summed E-state index contributed by atoms with van der Waals surface area (Å²) >= 11 is 0. The van der Waals surface area contributed by atoms with Crippen molar-refractivity contribution in [2.24, 2.45) is 0 Å². The molecule has 0 unspecified atom stereocenters. The molecule has 1 aliphatic heterocycles. The first-order valence-corrected chi connectivity index (χ1v) is 13.8. The SMILES string of the molecule is CCCCCCCCCCCCCCCCCC[N+]1(C)CCN(C)CCN(C)CC1.[Br-]. The monoisotopic (exact) mass is 503 g/mol. The highest BCUT2D eigenvalue weighted by atomic mass is 79.9. The summed E-state index contributed by atoms with van der Waals surface area (Å²) in [5.74, 6) is 0. The summed E-state index contributed by atoms with van der Waals surface area (Å²) < 4.78 is 1.27. The molecule has 1 heterocycles. The zero-order chi connectivity index (χ0) is 21.9. The molecule has 1 saturated heterocycles. The van der Waals surface area contributed by atoms with Crippen LogP contribution in [-0.2, 0) is 0 Å². The molecule has 0 spiro atoms. The topological polar surface area (TPSA) is 6.48 Å². The molecule has 0 amide bonds. The predicted molar refractivity (Wildman–Crippen MR) is 135 cm³/mol. The Morgan fingerprint density at radius 1 is 0.516 bits per heavy atom. The molecule has 0 aromatic heterocycles. The number of quaternary nitrogens is 1. The molecule has 1 aliphatic rings. The molecule has 0 N–H and O–H groups in total. The van der Waals surface area contributed by atoms with Crippen molar-refractivity contribution in [3.05, 3.63) is 0 Å². The number of halogens is 1. The number of likely N-dealkylation sites (N-methyl/N-ethyl adjacent to an activating group) is 3. The van der Waals surface area contributed by atoms with E-state index in [1.807, 2.05) is 0 Å². The highest BCUT2D eigenvalue weighted by molar-refractivity contribution is 4.61. The van der Waals surface area contributed by atoms with Gasteiger partial charge in [-0.15, -0.1) is 0 Å². The third-order valence-electron chi connectivity index (χ3n) is 7.46. The number of hydrogen-bond donors (Lipinski definition) is 0. The summed E-state index contributed by atoms with van der Waals surface area (Å²) in [6, 6.07) is 0. The lowest BCUT2D eigenvalue weighted by atomic mass is 10.0. The van der Waals surface area contributed by atoms with E-state index >= 15 is 0 Å². The Morgan fingerprint density at radius 3 is 1.19 bits per heavy atom. The molecule has 0 aromatic carbocycles. The Bertz CT molecular complexity index is 363. The molecule has 0 aromatic rings. The Labute approximate surface area is 207 Å². The largest absolute Gasteiger partial charge is 1.00 e. The maximum Gasteiger partial charge on any atom is 0.0914 e. The number of rotatable bonds is 17. The third-order valence-corrected chi connectivity index (χ3v) is 7.46. The van der Waals surface area contributed by atoms with Crippen molar-refractivity contribution in [1.82, 2.24) is 9.80 Å². The van der Waals surface area contributed by atoms with Crippen LogP contribution in [0.1, 0.15) is 110 Å². The summed E-state index contributed by atoms with van der Waals surface area (Å²) in [4.78, 5) is 5.04. The zero-order valence-corrected chi connectivity index (χ0v) is 23.6. The Kier molecular flexibility index (Phi) is 21.2. The fourth-order valence-corrected chi connectivity index (χ4v) is 4.77. The van der Waals surface area contributed by atoms with Crippen LogP contribution >= 0.6 is 0 Å². The van der Waals surface area contributed by atoms with Gasteiger partial charge in [-0.2, -0.15) is 0 Å². The third kappa shape index (κ3) is 18.5. The number of nitrogens with zero attached hydrogens (tertiary/aromatic N) is 3. The molecule has 0 bridgehead atoms. The lowest BCUT2D eigenvalue weighted by molar-refractivity contribution is -0.908. The molecule has 1 rings (SSSR count). The van der Waals surface area contributed by atoms with Gasteiger partial charge >= 0.3 is 0 Å². The van der Waals surface area contributed by atoms with Gasteiger partial charge in [-0.05, 0) is 26.9 Å². The van der Waals surface area contributed by atoms with Gasteiger partial charge in [-0.3, -0.25) is 9.80 Å². The summed E-state index contributed by atoms with van der Waals surface area (Å²) in [6.45, 7) is 11.3. The van der Waals surface area contributed by atoms with Gasteiger partial charge in [0.25, 0.3) is 0 Å². The van der Waals surface area contributed by atoms with E-state index in [4.69, 9.17) is 0 Å². The predicted octanol–water partition coefficient (Wildman–Crippen LogP) is 3.58. The fraction of sp³-hybridized carbons (Fsp3) is 1.00. The second kappa shape index (κ2) is 20.9. The van der Waals surface area contributed by atoms with Crippen LogP contribution in [0.4, 0.5) is 0 Å². The standard InChI is InChI=1S/C27H58N3.BrH/c1-5-6-7-8-9-10-11-12-13-14-15-16-17-18-19-20-25-30(4)26-23-28(2)21-22-29(3)24-27-30;/h5-27H2,1-4H3;1H/q+1;/p-1. The minimum absolute atomic E-state index is 0. The van der Waals surface area contributed by atoms with Crippen molar-refractivity contribution in [3.8, 4) is 0 Å². The van der Waals surface area contributed by atoms with Crippen LogP contribution in [0.3, 0.4) is 0 Å². The van der Waals surface area contributed by atoms with E-state index < -0.39 is 0 Å². The summed E-state index contributed by atoms with van der Waals surface area (Å²) in [7, 11) is 7.08. The minimum Gasteiger partial charge on any atom is -1.00 e. The fourth-order valence-electron chi connectivity index (χ4n) is 4.77. The van der Waals surface area contributed by atoms with E-state index in [-0.39, 0.29) is 17.0 Å². The smallest absolute Gasteiger partial charge is 0.0914 e. The van der Waals surface area contributed by atoms with Crippen molar-refractivity contribution in [3.63, 3.8) is 0 Å². The molecule has 0 aliphatic carbocycles. The van der Waals surface area contributed by atoms with Crippen molar-refractivity contribution in [1.29, 1.82) is 0 Å². The Morgan fingerprint density at radius 2 is 0.839 bits per heavy atom. The molecular weight excluding hydrogens is 446 g/mol. The molecule has 3 nitrogen and oxygen atoms in total. The van der Waals surface area contributed by atoms with Gasteiger partial charge in [0.2, 0.25) is 0 Å². The van der Waals surface area contributed by atoms with Crippen molar-refractivity contribution >= 4 is 0 Å². The second-order valence-corrected chi connectivity index (χ2v) is 10.7. The van der Waals surface area contributed by atoms with Crippen LogP contribution in [0.2, 0.25) is 0 Å². The average Bonchev–Trinajstić information content (AvgIpc) is 2.80. The first-order chi connectivity index (χ1) is 14.6. The lowest BCUT2D eigenvalue weighted by Crippen LogP contribution is -3.00. The van der Waals surface area contributed by atoms with Crippen LogP contribution in [0, 0.1) is 0 Å². The second-order valence-electron chi connectivity index (χ2n) is 10.7. The van der Waals surface area contributed by atoms with Crippen LogP contribution in [0.25, 0.3) is 0 Å². The first kappa shape index (κ1) is 31.4. The lowest BCUT2D eigenvalue weighted by Gasteiger charge is -2.35. The van der Waals surface area contributed by atoms with Crippen molar-refractivity contribution < 1.29 is 21.5 Å². The van der Waals surface area contributed by atoms with E-state index in [0.29, 0.717) is 0 Å². The van der Waals surface area contributed by atoms with Crippen LogP contribution in [0.15, 0.2) is 0 Å². The molecule has 0 atom stereocenters. The number of unbranched alkanes of at least 4 members (excludes halogenated alkanes) is 15. The van der Waals surface area contributed by atoms with E-state index in [1.54, 1.807) is 0 Å². The van der Waals surface area contributed by atoms with Gasteiger partial charge in [0, 0.05) is 26.2 Å². The summed E-state index contributed by atoms with van der Waals surface area (Å²) in [6.07, 6.45) is 23.3. The zero-order valence-electron chi connectivity index (χ0n) is 22.0. The summed E-state index contributed by atoms with van der Waals surface area (Å²) in [5.41, 5.74) is 0. The Balaban J connectivity index is 0.00000900. The molecule has 31 heavy (non-hydrogen) atoms. The van der Waals surface area contributed by atoms with Gasteiger partial charge in [-0.25, -0.2) is 0 Å². The highest BCUT2D eigenvalue weighted by Crippen LogP contribution is 2.15. The Hall–Kier alpha value is 0.360. The van der Waals surface area contributed by atoms with E-state index in [9.17, 15) is 0 Å². The maximum atomic E-state index is 2.52. The van der Waals surface area contributed by atoms with Gasteiger partial charge in [0.15, 0.2) is 0 Å². The molecule has 188 valence electrons. The van der Waals surface area contributed by atoms with E-state index in [2.05, 4.69) is 37.9 Å². The quantitative estimate of drug-likeness (QED) is 0.221. The van der Waals surface area contributed by atoms with Crippen LogP contribution in [-0.4, -0.2) is 81.2 Å².